The molecule has 1 atom stereocenters. The summed E-state index contributed by atoms with van der Waals surface area (Å²) in [5.41, 5.74) is 3.39. The Labute approximate surface area is 120 Å². The van der Waals surface area contributed by atoms with Gasteiger partial charge >= 0.3 is 0 Å². The molecule has 0 aliphatic carbocycles. The summed E-state index contributed by atoms with van der Waals surface area (Å²) in [5.74, 6) is 3.72. The summed E-state index contributed by atoms with van der Waals surface area (Å²) in [6, 6.07) is 2.15. The van der Waals surface area contributed by atoms with Crippen LogP contribution in [0.25, 0.3) is 11.3 Å². The van der Waals surface area contributed by atoms with E-state index in [0.717, 1.165) is 11.3 Å². The maximum Gasteiger partial charge on any atom is 0.107 e. The molecule has 1 fully saturated rings. The second kappa shape index (κ2) is 5.63. The molecule has 94 valence electrons. The van der Waals surface area contributed by atoms with Gasteiger partial charge in [-0.15, -0.1) is 23.1 Å². The second-order valence-corrected chi connectivity index (χ2v) is 7.61. The van der Waals surface area contributed by atoms with E-state index in [-0.39, 0.29) is 0 Å². The molecular formula is C13H14N2S3. The van der Waals surface area contributed by atoms with Crippen molar-refractivity contribution in [3.8, 4) is 11.3 Å². The van der Waals surface area contributed by atoms with E-state index in [1.807, 2.05) is 35.9 Å². The first-order chi connectivity index (χ1) is 8.83. The molecule has 2 aromatic rings. The molecule has 0 bridgehead atoms. The van der Waals surface area contributed by atoms with Crippen LogP contribution in [-0.4, -0.2) is 27.2 Å². The zero-order valence-corrected chi connectivity index (χ0v) is 12.6. The van der Waals surface area contributed by atoms with Crippen LogP contribution < -0.4 is 0 Å². The lowest BCUT2D eigenvalue weighted by Crippen LogP contribution is -2.06. The number of thiazole rings is 1. The standard InChI is InChI=1S/C13H14N2S3/c1-9-4-10(6-14-5-9)11-7-18-13(15-11)12-8-16-2-3-17-12/h4-7,12H,2-3,8H2,1H3. The third-order valence-electron chi connectivity index (χ3n) is 2.78. The average molecular weight is 294 g/mol. The summed E-state index contributed by atoms with van der Waals surface area (Å²) in [6.45, 7) is 2.07. The van der Waals surface area contributed by atoms with Crippen LogP contribution in [0.5, 0.6) is 0 Å². The van der Waals surface area contributed by atoms with Gasteiger partial charge < -0.3 is 0 Å². The van der Waals surface area contributed by atoms with Gasteiger partial charge in [-0.1, -0.05) is 0 Å². The van der Waals surface area contributed by atoms with Gasteiger partial charge in [-0.25, -0.2) is 4.98 Å². The van der Waals surface area contributed by atoms with Crippen LogP contribution >= 0.6 is 34.9 Å². The number of thioether (sulfide) groups is 2. The minimum absolute atomic E-state index is 0.584. The molecule has 3 heterocycles. The molecule has 1 aliphatic rings. The van der Waals surface area contributed by atoms with Crippen molar-refractivity contribution < 1.29 is 0 Å². The molecule has 0 radical (unpaired) electrons. The van der Waals surface area contributed by atoms with Crippen molar-refractivity contribution in [3.05, 3.63) is 34.4 Å². The van der Waals surface area contributed by atoms with Crippen molar-refractivity contribution in [2.75, 3.05) is 17.3 Å². The summed E-state index contributed by atoms with van der Waals surface area (Å²) in [7, 11) is 0. The molecule has 3 rings (SSSR count). The normalized spacial score (nSPS) is 19.9. The third kappa shape index (κ3) is 2.73. The van der Waals surface area contributed by atoms with Gasteiger partial charge in [-0.3, -0.25) is 4.98 Å². The largest absolute Gasteiger partial charge is 0.264 e. The summed E-state index contributed by atoms with van der Waals surface area (Å²) >= 11 is 5.86. The van der Waals surface area contributed by atoms with Gasteiger partial charge in [0, 0.05) is 40.6 Å². The highest BCUT2D eigenvalue weighted by Crippen LogP contribution is 2.39. The van der Waals surface area contributed by atoms with E-state index in [9.17, 15) is 0 Å². The van der Waals surface area contributed by atoms with Gasteiger partial charge in [0.1, 0.15) is 5.01 Å². The Balaban J connectivity index is 1.84. The fourth-order valence-corrected chi connectivity index (χ4v) is 5.73. The SMILES string of the molecule is Cc1cncc(-c2csc(C3CSCCS3)n2)c1. The highest BCUT2D eigenvalue weighted by atomic mass is 32.2. The van der Waals surface area contributed by atoms with Crippen LogP contribution in [-0.2, 0) is 0 Å². The molecule has 0 saturated carbocycles. The molecule has 0 N–H and O–H groups in total. The molecule has 0 spiro atoms. The summed E-state index contributed by atoms with van der Waals surface area (Å²) in [6.07, 6.45) is 3.78. The number of aromatic nitrogens is 2. The molecule has 0 amide bonds. The van der Waals surface area contributed by atoms with Crippen molar-refractivity contribution in [1.82, 2.24) is 9.97 Å². The van der Waals surface area contributed by atoms with Gasteiger partial charge in [-0.2, -0.15) is 11.8 Å². The number of hydrogen-bond acceptors (Lipinski definition) is 5. The number of rotatable bonds is 2. The van der Waals surface area contributed by atoms with Gasteiger partial charge in [0.15, 0.2) is 0 Å². The second-order valence-electron chi connectivity index (χ2n) is 4.26. The van der Waals surface area contributed by atoms with Gasteiger partial charge in [0.25, 0.3) is 0 Å². The third-order valence-corrected chi connectivity index (χ3v) is 6.66. The lowest BCUT2D eigenvalue weighted by Gasteiger charge is -2.18. The molecule has 0 aromatic carbocycles. The molecular weight excluding hydrogens is 280 g/mol. The van der Waals surface area contributed by atoms with Crippen molar-refractivity contribution in [1.29, 1.82) is 0 Å². The van der Waals surface area contributed by atoms with E-state index < -0.39 is 0 Å². The van der Waals surface area contributed by atoms with Crippen molar-refractivity contribution in [2.24, 2.45) is 0 Å². The predicted octanol–water partition coefficient (Wildman–Crippen LogP) is 4.03. The Morgan fingerprint density at radius 3 is 3.00 bits per heavy atom. The first kappa shape index (κ1) is 12.5. The first-order valence-electron chi connectivity index (χ1n) is 5.90. The Hall–Kier alpha value is -0.520. The lowest BCUT2D eigenvalue weighted by atomic mass is 10.2. The van der Waals surface area contributed by atoms with Crippen LogP contribution in [0.2, 0.25) is 0 Å². The molecule has 2 aromatic heterocycles. The predicted molar refractivity (Wildman–Crippen MR) is 82.6 cm³/mol. The molecule has 18 heavy (non-hydrogen) atoms. The van der Waals surface area contributed by atoms with Crippen molar-refractivity contribution >= 4 is 34.9 Å². The smallest absolute Gasteiger partial charge is 0.107 e. The van der Waals surface area contributed by atoms with E-state index in [1.165, 1.54) is 27.8 Å². The van der Waals surface area contributed by atoms with Gasteiger partial charge in [-0.05, 0) is 18.6 Å². The van der Waals surface area contributed by atoms with E-state index in [2.05, 4.69) is 23.4 Å². The number of pyridine rings is 1. The Bertz CT molecular complexity index is 533. The van der Waals surface area contributed by atoms with Crippen LogP contribution in [0.4, 0.5) is 0 Å². The first-order valence-corrected chi connectivity index (χ1v) is 8.98. The highest BCUT2D eigenvalue weighted by Gasteiger charge is 2.19. The number of aryl methyl sites for hydroxylation is 1. The summed E-state index contributed by atoms with van der Waals surface area (Å²) in [4.78, 5) is 9.03. The van der Waals surface area contributed by atoms with Crippen LogP contribution in [0, 0.1) is 6.92 Å². The zero-order valence-electron chi connectivity index (χ0n) is 10.1. The van der Waals surface area contributed by atoms with Crippen LogP contribution in [0.15, 0.2) is 23.8 Å². The van der Waals surface area contributed by atoms with Crippen LogP contribution in [0.1, 0.15) is 15.8 Å². The minimum atomic E-state index is 0.584. The van der Waals surface area contributed by atoms with E-state index in [0.29, 0.717) is 5.25 Å². The molecule has 1 saturated heterocycles. The Morgan fingerprint density at radius 1 is 1.28 bits per heavy atom. The number of hydrogen-bond donors (Lipinski definition) is 0. The maximum absolute atomic E-state index is 4.79. The van der Waals surface area contributed by atoms with Crippen LogP contribution in [0.3, 0.4) is 0 Å². The lowest BCUT2D eigenvalue weighted by molar-refractivity contribution is 1.06. The molecule has 2 nitrogen and oxygen atoms in total. The topological polar surface area (TPSA) is 25.8 Å². The fourth-order valence-electron chi connectivity index (χ4n) is 1.89. The average Bonchev–Trinajstić information content (AvgIpc) is 2.89. The van der Waals surface area contributed by atoms with Gasteiger partial charge in [0.05, 0.1) is 10.9 Å². The van der Waals surface area contributed by atoms with E-state index in [1.54, 1.807) is 11.3 Å². The van der Waals surface area contributed by atoms with Crippen molar-refractivity contribution in [2.45, 2.75) is 12.2 Å². The quantitative estimate of drug-likeness (QED) is 0.835. The van der Waals surface area contributed by atoms with Crippen molar-refractivity contribution in [3.63, 3.8) is 0 Å². The zero-order chi connectivity index (χ0) is 12.4. The highest BCUT2D eigenvalue weighted by molar-refractivity contribution is 8.06. The molecule has 1 aliphatic heterocycles. The Kier molecular flexibility index (Phi) is 3.91. The number of nitrogens with zero attached hydrogens (tertiary/aromatic N) is 2. The van der Waals surface area contributed by atoms with E-state index in [4.69, 9.17) is 4.98 Å². The monoisotopic (exact) mass is 294 g/mol. The minimum Gasteiger partial charge on any atom is -0.264 e. The summed E-state index contributed by atoms with van der Waals surface area (Å²) < 4.78 is 0. The van der Waals surface area contributed by atoms with Gasteiger partial charge in [0.2, 0.25) is 0 Å². The molecule has 5 heteroatoms. The maximum atomic E-state index is 4.79. The summed E-state index contributed by atoms with van der Waals surface area (Å²) in [5, 5.41) is 4.01. The fraction of sp³-hybridized carbons (Fsp3) is 0.385. The van der Waals surface area contributed by atoms with E-state index >= 15 is 0 Å². The molecule has 1 unspecified atom stereocenters. The Morgan fingerprint density at radius 2 is 2.22 bits per heavy atom.